The highest BCUT2D eigenvalue weighted by Gasteiger charge is 2.03. The quantitative estimate of drug-likeness (QED) is 0.686. The molecule has 1 aromatic carbocycles. The molecule has 0 N–H and O–H groups in total. The van der Waals surface area contributed by atoms with Gasteiger partial charge in [0.2, 0.25) is 0 Å². The smallest absolute Gasteiger partial charge is 0.160 e. The Kier molecular flexibility index (Phi) is 1.93. The van der Waals surface area contributed by atoms with Crippen molar-refractivity contribution in [3.8, 4) is 0 Å². The Morgan fingerprint density at radius 2 is 2.08 bits per heavy atom. The zero-order valence-corrected chi connectivity index (χ0v) is 9.29. The van der Waals surface area contributed by atoms with Gasteiger partial charge in [-0.2, -0.15) is 0 Å². The van der Waals surface area contributed by atoms with E-state index in [-0.39, 0.29) is 0 Å². The molecular formula is C9H8BrNS. The summed E-state index contributed by atoms with van der Waals surface area (Å²) in [4.78, 5) is 4.39. The first-order chi connectivity index (χ1) is 5.66. The first kappa shape index (κ1) is 8.20. The Hall–Kier alpha value is -0.410. The molecule has 0 fully saturated rings. The summed E-state index contributed by atoms with van der Waals surface area (Å²) in [6, 6.07) is 4.33. The molecule has 1 heterocycles. The van der Waals surface area contributed by atoms with Crippen molar-refractivity contribution in [3.05, 3.63) is 27.2 Å². The number of aryl methyl sites for hydroxylation is 2. The van der Waals surface area contributed by atoms with Gasteiger partial charge in [0.05, 0.1) is 10.2 Å². The van der Waals surface area contributed by atoms with Crippen LogP contribution >= 0.6 is 27.3 Å². The second-order valence-electron chi connectivity index (χ2n) is 2.90. The van der Waals surface area contributed by atoms with E-state index in [1.54, 1.807) is 11.3 Å². The van der Waals surface area contributed by atoms with Crippen LogP contribution in [0.2, 0.25) is 0 Å². The van der Waals surface area contributed by atoms with E-state index in [2.05, 4.69) is 46.9 Å². The largest absolute Gasteiger partial charge is 0.229 e. The standard InChI is InChI=1S/C9H8BrNS/c1-5-3-6(2)8-7(4-5)12-9(10)11-8/h3-4H,1-2H3. The summed E-state index contributed by atoms with van der Waals surface area (Å²) in [7, 11) is 0. The number of thiazole rings is 1. The first-order valence-corrected chi connectivity index (χ1v) is 5.31. The number of fused-ring (bicyclic) bond motifs is 1. The molecule has 2 rings (SSSR count). The van der Waals surface area contributed by atoms with Crippen LogP contribution in [0.1, 0.15) is 11.1 Å². The second-order valence-corrected chi connectivity index (χ2v) is 5.20. The highest BCUT2D eigenvalue weighted by molar-refractivity contribution is 9.11. The number of hydrogen-bond donors (Lipinski definition) is 0. The molecule has 0 bridgehead atoms. The minimum atomic E-state index is 0.964. The van der Waals surface area contributed by atoms with Crippen LogP contribution < -0.4 is 0 Å². The molecule has 1 aromatic heterocycles. The molecule has 0 saturated carbocycles. The van der Waals surface area contributed by atoms with Crippen molar-refractivity contribution in [2.75, 3.05) is 0 Å². The predicted octanol–water partition coefficient (Wildman–Crippen LogP) is 3.68. The van der Waals surface area contributed by atoms with Gasteiger partial charge in [-0.1, -0.05) is 6.07 Å². The van der Waals surface area contributed by atoms with E-state index in [1.165, 1.54) is 15.8 Å². The molecule has 0 aliphatic rings. The van der Waals surface area contributed by atoms with Crippen LogP contribution in [-0.2, 0) is 0 Å². The Morgan fingerprint density at radius 1 is 1.33 bits per heavy atom. The second kappa shape index (κ2) is 2.82. The molecule has 0 spiro atoms. The molecule has 3 heteroatoms. The van der Waals surface area contributed by atoms with Gasteiger partial charge in [0.1, 0.15) is 0 Å². The van der Waals surface area contributed by atoms with Gasteiger partial charge in [0.15, 0.2) is 3.92 Å². The normalized spacial score (nSPS) is 10.9. The summed E-state index contributed by atoms with van der Waals surface area (Å²) in [5.74, 6) is 0. The lowest BCUT2D eigenvalue weighted by molar-refractivity contribution is 1.37. The molecule has 0 aliphatic carbocycles. The fourth-order valence-corrected chi connectivity index (χ4v) is 2.91. The van der Waals surface area contributed by atoms with Crippen molar-refractivity contribution in [3.63, 3.8) is 0 Å². The zero-order chi connectivity index (χ0) is 8.72. The topological polar surface area (TPSA) is 12.9 Å². The van der Waals surface area contributed by atoms with Crippen molar-refractivity contribution < 1.29 is 0 Å². The minimum Gasteiger partial charge on any atom is -0.229 e. The number of rotatable bonds is 0. The molecule has 0 aliphatic heterocycles. The third-order valence-corrected chi connectivity index (χ3v) is 3.26. The fourth-order valence-electron chi connectivity index (χ4n) is 1.34. The molecule has 62 valence electrons. The molecule has 0 radical (unpaired) electrons. The van der Waals surface area contributed by atoms with Crippen molar-refractivity contribution in [1.29, 1.82) is 0 Å². The summed E-state index contributed by atoms with van der Waals surface area (Å²) >= 11 is 5.08. The van der Waals surface area contributed by atoms with Crippen LogP contribution in [-0.4, -0.2) is 4.98 Å². The molecule has 0 atom stereocenters. The zero-order valence-electron chi connectivity index (χ0n) is 6.89. The summed E-state index contributed by atoms with van der Waals surface area (Å²) in [6.45, 7) is 4.21. The van der Waals surface area contributed by atoms with E-state index >= 15 is 0 Å². The van der Waals surface area contributed by atoms with E-state index in [1.807, 2.05) is 0 Å². The van der Waals surface area contributed by atoms with Crippen LogP contribution in [0.25, 0.3) is 10.2 Å². The van der Waals surface area contributed by atoms with Gasteiger partial charge in [-0.05, 0) is 47.0 Å². The summed E-state index contributed by atoms with van der Waals surface area (Å²) in [6.07, 6.45) is 0. The molecule has 0 unspecified atom stereocenters. The average molecular weight is 242 g/mol. The lowest BCUT2D eigenvalue weighted by atomic mass is 10.1. The number of halogens is 1. The molecule has 0 amide bonds. The van der Waals surface area contributed by atoms with Gasteiger partial charge >= 0.3 is 0 Å². The number of nitrogens with zero attached hydrogens (tertiary/aromatic N) is 1. The fraction of sp³-hybridized carbons (Fsp3) is 0.222. The average Bonchev–Trinajstić information content (AvgIpc) is 2.29. The van der Waals surface area contributed by atoms with Gasteiger partial charge in [0, 0.05) is 0 Å². The summed E-state index contributed by atoms with van der Waals surface area (Å²) in [5, 5.41) is 0. The van der Waals surface area contributed by atoms with E-state index in [4.69, 9.17) is 0 Å². The van der Waals surface area contributed by atoms with Gasteiger partial charge in [-0.15, -0.1) is 11.3 Å². The SMILES string of the molecule is Cc1cc(C)c2nc(Br)sc2c1. The van der Waals surface area contributed by atoms with Crippen LogP contribution in [0.4, 0.5) is 0 Å². The van der Waals surface area contributed by atoms with Crippen LogP contribution in [0.15, 0.2) is 16.0 Å². The van der Waals surface area contributed by atoms with Crippen LogP contribution in [0.3, 0.4) is 0 Å². The summed E-state index contributed by atoms with van der Waals surface area (Å²) in [5.41, 5.74) is 3.68. The maximum Gasteiger partial charge on any atom is 0.160 e. The Labute approximate surface area is 83.6 Å². The van der Waals surface area contributed by atoms with Gasteiger partial charge in [-0.25, -0.2) is 4.98 Å². The third kappa shape index (κ3) is 1.27. The van der Waals surface area contributed by atoms with Gasteiger partial charge in [0.25, 0.3) is 0 Å². The number of hydrogen-bond acceptors (Lipinski definition) is 2. The highest BCUT2D eigenvalue weighted by atomic mass is 79.9. The first-order valence-electron chi connectivity index (χ1n) is 3.70. The highest BCUT2D eigenvalue weighted by Crippen LogP contribution is 2.28. The van der Waals surface area contributed by atoms with Crippen LogP contribution in [0, 0.1) is 13.8 Å². The van der Waals surface area contributed by atoms with E-state index in [9.17, 15) is 0 Å². The Bertz CT molecular complexity index is 433. The van der Waals surface area contributed by atoms with Crippen LogP contribution in [0.5, 0.6) is 0 Å². The Morgan fingerprint density at radius 3 is 2.83 bits per heavy atom. The van der Waals surface area contributed by atoms with Crippen molar-refractivity contribution in [1.82, 2.24) is 4.98 Å². The number of aromatic nitrogens is 1. The van der Waals surface area contributed by atoms with E-state index < -0.39 is 0 Å². The molecule has 1 nitrogen and oxygen atoms in total. The Balaban J connectivity index is 2.88. The van der Waals surface area contributed by atoms with Crippen molar-refractivity contribution >= 4 is 37.5 Å². The van der Waals surface area contributed by atoms with E-state index in [0.717, 1.165) is 9.43 Å². The third-order valence-electron chi connectivity index (χ3n) is 1.80. The number of benzene rings is 1. The maximum absolute atomic E-state index is 4.39. The molecule has 2 aromatic rings. The van der Waals surface area contributed by atoms with E-state index in [0.29, 0.717) is 0 Å². The molecular weight excluding hydrogens is 234 g/mol. The van der Waals surface area contributed by atoms with Gasteiger partial charge < -0.3 is 0 Å². The van der Waals surface area contributed by atoms with Crippen molar-refractivity contribution in [2.45, 2.75) is 13.8 Å². The van der Waals surface area contributed by atoms with Gasteiger partial charge in [-0.3, -0.25) is 0 Å². The van der Waals surface area contributed by atoms with Crippen molar-refractivity contribution in [2.24, 2.45) is 0 Å². The molecule has 12 heavy (non-hydrogen) atoms. The molecule has 0 saturated heterocycles. The summed E-state index contributed by atoms with van der Waals surface area (Å²) < 4.78 is 2.23. The monoisotopic (exact) mass is 241 g/mol. The lowest BCUT2D eigenvalue weighted by Gasteiger charge is -1.95. The predicted molar refractivity (Wildman–Crippen MR) is 56.8 cm³/mol. The lowest BCUT2D eigenvalue weighted by Crippen LogP contribution is -1.78. The maximum atomic E-state index is 4.39. The minimum absolute atomic E-state index is 0.964.